The molecule has 2 aliphatic rings. The molecule has 2 saturated heterocycles. The highest BCUT2D eigenvalue weighted by Crippen LogP contribution is 2.29. The summed E-state index contributed by atoms with van der Waals surface area (Å²) in [6.45, 7) is 3.79. The maximum absolute atomic E-state index is 12.4. The molecule has 25 heavy (non-hydrogen) atoms. The molecule has 0 spiro atoms. The van der Waals surface area contributed by atoms with E-state index in [4.69, 9.17) is 14.2 Å². The Hall–Kier alpha value is -1.50. The van der Waals surface area contributed by atoms with E-state index < -0.39 is 0 Å². The molecule has 7 heteroatoms. The van der Waals surface area contributed by atoms with Crippen molar-refractivity contribution >= 4 is 18.3 Å². The number of piperidine rings is 1. The van der Waals surface area contributed by atoms with E-state index in [1.165, 1.54) is 0 Å². The van der Waals surface area contributed by atoms with Crippen molar-refractivity contribution in [3.63, 3.8) is 0 Å². The number of methoxy groups -OCH3 is 1. The Labute approximate surface area is 155 Å². The number of carbonyl (C=O) groups excluding carboxylic acids is 1. The Kier molecular flexibility index (Phi) is 7.81. The zero-order valence-electron chi connectivity index (χ0n) is 14.6. The number of carbonyl (C=O) groups is 1. The van der Waals surface area contributed by atoms with E-state index in [1.807, 2.05) is 29.2 Å². The van der Waals surface area contributed by atoms with Gasteiger partial charge in [-0.3, -0.25) is 4.79 Å². The topological polar surface area (TPSA) is 60.0 Å². The normalized spacial score (nSPS) is 21.3. The van der Waals surface area contributed by atoms with Gasteiger partial charge in [-0.15, -0.1) is 12.4 Å². The van der Waals surface area contributed by atoms with Crippen molar-refractivity contribution in [3.8, 4) is 11.5 Å². The average Bonchev–Trinajstić information content (AvgIpc) is 2.63. The van der Waals surface area contributed by atoms with Crippen molar-refractivity contribution in [2.75, 3.05) is 39.9 Å². The third-order valence-corrected chi connectivity index (χ3v) is 4.56. The lowest BCUT2D eigenvalue weighted by molar-refractivity contribution is -0.136. The van der Waals surface area contributed by atoms with Gasteiger partial charge in [-0.05, 0) is 12.1 Å². The van der Waals surface area contributed by atoms with E-state index in [2.05, 4.69) is 5.32 Å². The molecule has 0 aliphatic carbocycles. The third-order valence-electron chi connectivity index (χ3n) is 4.56. The van der Waals surface area contributed by atoms with Crippen molar-refractivity contribution in [2.24, 2.45) is 0 Å². The number of likely N-dealkylation sites (tertiary alicyclic amines) is 1. The Morgan fingerprint density at radius 2 is 2.00 bits per heavy atom. The first-order chi connectivity index (χ1) is 11.8. The first-order valence-electron chi connectivity index (χ1n) is 8.66. The second-order valence-electron chi connectivity index (χ2n) is 6.25. The molecule has 2 aliphatic heterocycles. The quantitative estimate of drug-likeness (QED) is 0.857. The number of hydrogen-bond donors (Lipinski definition) is 1. The van der Waals surface area contributed by atoms with Crippen LogP contribution < -0.4 is 14.8 Å². The number of ether oxygens (including phenoxy) is 3. The van der Waals surface area contributed by atoms with Gasteiger partial charge in [0.05, 0.1) is 26.2 Å². The largest absolute Gasteiger partial charge is 0.493 e. The van der Waals surface area contributed by atoms with Crippen LogP contribution in [0.4, 0.5) is 0 Å². The van der Waals surface area contributed by atoms with Gasteiger partial charge in [-0.2, -0.15) is 0 Å². The van der Waals surface area contributed by atoms with Crippen molar-refractivity contribution in [1.82, 2.24) is 10.2 Å². The van der Waals surface area contributed by atoms with Crippen molar-refractivity contribution in [1.29, 1.82) is 0 Å². The minimum absolute atomic E-state index is 0. The fourth-order valence-electron chi connectivity index (χ4n) is 3.19. The zero-order chi connectivity index (χ0) is 16.8. The van der Waals surface area contributed by atoms with Crippen molar-refractivity contribution in [2.45, 2.75) is 31.5 Å². The molecular formula is C18H27ClN2O4. The van der Waals surface area contributed by atoms with Gasteiger partial charge in [0.2, 0.25) is 5.91 Å². The Morgan fingerprint density at radius 1 is 1.28 bits per heavy atom. The molecule has 6 nitrogen and oxygen atoms in total. The second-order valence-corrected chi connectivity index (χ2v) is 6.25. The van der Waals surface area contributed by atoms with Crippen molar-refractivity contribution < 1.29 is 19.0 Å². The van der Waals surface area contributed by atoms with Crippen LogP contribution in [-0.4, -0.2) is 62.9 Å². The van der Waals surface area contributed by atoms with Crippen LogP contribution in [0.15, 0.2) is 24.3 Å². The van der Waals surface area contributed by atoms with Gasteiger partial charge >= 0.3 is 0 Å². The highest BCUT2D eigenvalue weighted by atomic mass is 35.5. The standard InChI is InChI=1S/C18H26N2O4.ClH/c1-22-16-4-2-3-5-17(16)24-14-6-9-20(10-7-14)18(21)12-15-13-19-8-11-23-15;/h2-5,14-15,19H,6-13H2,1H3;1H. The summed E-state index contributed by atoms with van der Waals surface area (Å²) in [6, 6.07) is 7.68. The van der Waals surface area contributed by atoms with Crippen LogP contribution in [0.25, 0.3) is 0 Å². The molecule has 0 aromatic heterocycles. The molecule has 1 unspecified atom stereocenters. The van der Waals surface area contributed by atoms with Crippen LogP contribution in [0.5, 0.6) is 11.5 Å². The minimum Gasteiger partial charge on any atom is -0.493 e. The van der Waals surface area contributed by atoms with Gasteiger partial charge in [-0.25, -0.2) is 0 Å². The lowest BCUT2D eigenvalue weighted by Crippen LogP contribution is -2.45. The fourth-order valence-corrected chi connectivity index (χ4v) is 3.19. The smallest absolute Gasteiger partial charge is 0.225 e. The zero-order valence-corrected chi connectivity index (χ0v) is 15.4. The molecule has 1 N–H and O–H groups in total. The first-order valence-corrected chi connectivity index (χ1v) is 8.66. The summed E-state index contributed by atoms with van der Waals surface area (Å²) >= 11 is 0. The number of morpholine rings is 1. The van der Waals surface area contributed by atoms with Crippen molar-refractivity contribution in [3.05, 3.63) is 24.3 Å². The van der Waals surface area contributed by atoms with Gasteiger partial charge in [0.1, 0.15) is 6.10 Å². The summed E-state index contributed by atoms with van der Waals surface area (Å²) in [5, 5.41) is 3.26. The second kappa shape index (κ2) is 9.85. The molecule has 1 aromatic rings. The number of amides is 1. The van der Waals surface area contributed by atoms with Gasteiger partial charge < -0.3 is 24.4 Å². The van der Waals surface area contributed by atoms with E-state index >= 15 is 0 Å². The predicted molar refractivity (Wildman–Crippen MR) is 97.7 cm³/mol. The minimum atomic E-state index is 0. The van der Waals surface area contributed by atoms with Gasteiger partial charge in [0.15, 0.2) is 11.5 Å². The first kappa shape index (κ1) is 19.8. The maximum atomic E-state index is 12.4. The number of halogens is 1. The monoisotopic (exact) mass is 370 g/mol. The Morgan fingerprint density at radius 3 is 2.64 bits per heavy atom. The van der Waals surface area contributed by atoms with Gasteiger partial charge in [-0.1, -0.05) is 12.1 Å². The highest BCUT2D eigenvalue weighted by molar-refractivity contribution is 5.85. The molecule has 1 aromatic carbocycles. The molecule has 1 amide bonds. The van der Waals surface area contributed by atoms with Gasteiger partial charge in [0, 0.05) is 39.0 Å². The van der Waals surface area contributed by atoms with Crippen LogP contribution in [0.3, 0.4) is 0 Å². The molecule has 2 heterocycles. The molecule has 0 radical (unpaired) electrons. The number of hydrogen-bond acceptors (Lipinski definition) is 5. The van der Waals surface area contributed by atoms with E-state index in [1.54, 1.807) is 7.11 Å². The van der Waals surface area contributed by atoms with E-state index in [9.17, 15) is 4.79 Å². The lowest BCUT2D eigenvalue weighted by atomic mass is 10.1. The molecular weight excluding hydrogens is 344 g/mol. The third kappa shape index (κ3) is 5.49. The summed E-state index contributed by atoms with van der Waals surface area (Å²) in [4.78, 5) is 14.3. The van der Waals surface area contributed by atoms with Crippen LogP contribution in [0.2, 0.25) is 0 Å². The Bertz CT molecular complexity index is 544. The van der Waals surface area contributed by atoms with Crippen LogP contribution in [-0.2, 0) is 9.53 Å². The summed E-state index contributed by atoms with van der Waals surface area (Å²) in [7, 11) is 1.64. The maximum Gasteiger partial charge on any atom is 0.225 e. The summed E-state index contributed by atoms with van der Waals surface area (Å²) in [6.07, 6.45) is 2.28. The number of rotatable bonds is 5. The summed E-state index contributed by atoms with van der Waals surface area (Å²) in [5.74, 6) is 1.70. The summed E-state index contributed by atoms with van der Waals surface area (Å²) in [5.41, 5.74) is 0. The fraction of sp³-hybridized carbons (Fsp3) is 0.611. The van der Waals surface area contributed by atoms with E-state index in [0.29, 0.717) is 13.0 Å². The average molecular weight is 371 g/mol. The number of nitrogens with one attached hydrogen (secondary N) is 1. The Balaban J connectivity index is 0.00000225. The number of nitrogens with zero attached hydrogens (tertiary/aromatic N) is 1. The highest BCUT2D eigenvalue weighted by Gasteiger charge is 2.27. The summed E-state index contributed by atoms with van der Waals surface area (Å²) < 4.78 is 17.0. The molecule has 0 saturated carbocycles. The van der Waals surface area contributed by atoms with Crippen LogP contribution in [0, 0.1) is 0 Å². The van der Waals surface area contributed by atoms with E-state index in [-0.39, 0.29) is 30.5 Å². The number of benzene rings is 1. The van der Waals surface area contributed by atoms with Crippen LogP contribution in [0.1, 0.15) is 19.3 Å². The van der Waals surface area contributed by atoms with Gasteiger partial charge in [0.25, 0.3) is 0 Å². The molecule has 1 atom stereocenters. The molecule has 140 valence electrons. The van der Waals surface area contributed by atoms with E-state index in [0.717, 1.165) is 50.5 Å². The number of para-hydroxylation sites is 2. The SMILES string of the molecule is COc1ccccc1OC1CCN(C(=O)CC2CNCCO2)CC1.Cl. The predicted octanol–water partition coefficient (Wildman–Crippen LogP) is 1.87. The molecule has 0 bridgehead atoms. The van der Waals surface area contributed by atoms with Crippen LogP contribution >= 0.6 is 12.4 Å². The lowest BCUT2D eigenvalue weighted by Gasteiger charge is -2.33. The molecule has 3 rings (SSSR count). The molecule has 2 fully saturated rings.